The Hall–Kier alpha value is -2.15. The van der Waals surface area contributed by atoms with E-state index in [2.05, 4.69) is 5.16 Å². The van der Waals surface area contributed by atoms with Crippen molar-refractivity contribution < 1.29 is 14.1 Å². The Labute approximate surface area is 171 Å². The summed E-state index contributed by atoms with van der Waals surface area (Å²) in [5.41, 5.74) is 0.695. The molecular weight excluding hydrogens is 368 g/mol. The molecule has 7 heteroatoms. The highest BCUT2D eigenvalue weighted by Gasteiger charge is 2.45. The molecule has 29 heavy (non-hydrogen) atoms. The van der Waals surface area contributed by atoms with Gasteiger partial charge in [-0.05, 0) is 50.2 Å². The number of carbonyl (C=O) groups excluding carboxylic acids is 1. The van der Waals surface area contributed by atoms with Crippen molar-refractivity contribution in [1.82, 2.24) is 19.6 Å². The van der Waals surface area contributed by atoms with Crippen LogP contribution < -0.4 is 0 Å². The molecule has 7 nitrogen and oxygen atoms in total. The van der Waals surface area contributed by atoms with E-state index in [1.54, 1.807) is 0 Å². The first-order chi connectivity index (χ1) is 14.1. The van der Waals surface area contributed by atoms with Crippen LogP contribution in [0.5, 0.6) is 0 Å². The van der Waals surface area contributed by atoms with Crippen LogP contribution in [0.4, 0.5) is 0 Å². The van der Waals surface area contributed by atoms with Crippen molar-refractivity contribution in [1.29, 1.82) is 0 Å². The fourth-order valence-electron chi connectivity index (χ4n) is 4.94. The Morgan fingerprint density at radius 3 is 2.62 bits per heavy atom. The Balaban J connectivity index is 1.33. The van der Waals surface area contributed by atoms with Crippen LogP contribution in [0.15, 0.2) is 22.9 Å². The van der Waals surface area contributed by atoms with Gasteiger partial charge in [0.1, 0.15) is 5.69 Å². The number of ether oxygens (including phenoxy) is 1. The molecule has 0 radical (unpaired) electrons. The van der Waals surface area contributed by atoms with Gasteiger partial charge in [0.2, 0.25) is 5.89 Å². The maximum absolute atomic E-state index is 12.9. The molecule has 0 aromatic carbocycles. The summed E-state index contributed by atoms with van der Waals surface area (Å²) in [5, 5.41) is 4.47. The Bertz CT molecular complexity index is 855. The van der Waals surface area contributed by atoms with E-state index >= 15 is 0 Å². The standard InChI is InChI=1S/C22H30N4O3/c1-25-10-2-3-18(25)20(27)26-11-8-22(9-12-26,15-16-4-5-16)21-23-19(29-24-21)17-6-13-28-14-7-17/h2-3,10,16-17H,4-9,11-15H2,1H3. The molecule has 4 heterocycles. The Morgan fingerprint density at radius 1 is 1.21 bits per heavy atom. The third kappa shape index (κ3) is 3.72. The van der Waals surface area contributed by atoms with Crippen LogP contribution >= 0.6 is 0 Å². The van der Waals surface area contributed by atoms with Gasteiger partial charge >= 0.3 is 0 Å². The largest absolute Gasteiger partial charge is 0.381 e. The molecule has 0 bridgehead atoms. The van der Waals surface area contributed by atoms with E-state index in [0.29, 0.717) is 5.92 Å². The highest BCUT2D eigenvalue weighted by molar-refractivity contribution is 5.92. The lowest BCUT2D eigenvalue weighted by atomic mass is 9.73. The van der Waals surface area contributed by atoms with Crippen LogP contribution in [-0.4, -0.2) is 51.8 Å². The molecule has 156 valence electrons. The molecule has 0 N–H and O–H groups in total. The summed E-state index contributed by atoms with van der Waals surface area (Å²) >= 11 is 0. The lowest BCUT2D eigenvalue weighted by molar-refractivity contribution is 0.0636. The number of amides is 1. The quantitative estimate of drug-likeness (QED) is 0.773. The van der Waals surface area contributed by atoms with Crippen molar-refractivity contribution in [3.63, 3.8) is 0 Å². The molecule has 0 unspecified atom stereocenters. The predicted molar refractivity (Wildman–Crippen MR) is 107 cm³/mol. The minimum atomic E-state index is -0.0565. The number of hydrogen-bond donors (Lipinski definition) is 0. The second-order valence-electron chi connectivity index (χ2n) is 9.07. The third-order valence-corrected chi connectivity index (χ3v) is 7.03. The monoisotopic (exact) mass is 398 g/mol. The zero-order chi connectivity index (χ0) is 19.8. The molecule has 2 saturated heterocycles. The molecule has 2 aromatic rings. The molecule has 3 fully saturated rings. The normalized spacial score (nSPS) is 22.7. The molecule has 1 amide bonds. The first-order valence-electron chi connectivity index (χ1n) is 11.0. The van der Waals surface area contributed by atoms with Gasteiger partial charge in [0.25, 0.3) is 5.91 Å². The SMILES string of the molecule is Cn1cccc1C(=O)N1CCC(CC2CC2)(c2noc(C3CCOCC3)n2)CC1. The van der Waals surface area contributed by atoms with Crippen LogP contribution in [0.2, 0.25) is 0 Å². The third-order valence-electron chi connectivity index (χ3n) is 7.03. The van der Waals surface area contributed by atoms with Crippen molar-refractivity contribution in [2.45, 2.75) is 56.3 Å². The van der Waals surface area contributed by atoms with Crippen molar-refractivity contribution >= 4 is 5.91 Å². The zero-order valence-electron chi connectivity index (χ0n) is 17.2. The first kappa shape index (κ1) is 18.9. The number of likely N-dealkylation sites (tertiary alicyclic amines) is 1. The first-order valence-corrected chi connectivity index (χ1v) is 11.0. The maximum Gasteiger partial charge on any atom is 0.270 e. The zero-order valence-corrected chi connectivity index (χ0v) is 17.2. The second kappa shape index (κ2) is 7.59. The van der Waals surface area contributed by atoms with E-state index in [-0.39, 0.29) is 11.3 Å². The number of aromatic nitrogens is 3. The van der Waals surface area contributed by atoms with Crippen LogP contribution in [0.3, 0.4) is 0 Å². The Morgan fingerprint density at radius 2 is 1.97 bits per heavy atom. The number of piperidine rings is 1. The van der Waals surface area contributed by atoms with Gasteiger partial charge in [0, 0.05) is 50.9 Å². The number of carbonyl (C=O) groups is 1. The van der Waals surface area contributed by atoms with E-state index in [4.69, 9.17) is 14.2 Å². The number of hydrogen-bond acceptors (Lipinski definition) is 5. The summed E-state index contributed by atoms with van der Waals surface area (Å²) in [6, 6.07) is 3.82. The number of aryl methyl sites for hydroxylation is 1. The summed E-state index contributed by atoms with van der Waals surface area (Å²) in [6.45, 7) is 3.04. The molecule has 2 aliphatic heterocycles. The molecule has 2 aromatic heterocycles. The number of rotatable bonds is 5. The second-order valence-corrected chi connectivity index (χ2v) is 9.07. The van der Waals surface area contributed by atoms with E-state index < -0.39 is 0 Å². The topological polar surface area (TPSA) is 73.4 Å². The summed E-state index contributed by atoms with van der Waals surface area (Å²) in [4.78, 5) is 19.8. The minimum Gasteiger partial charge on any atom is -0.381 e. The molecule has 5 rings (SSSR count). The van der Waals surface area contributed by atoms with Crippen molar-refractivity contribution in [3.8, 4) is 0 Å². The van der Waals surface area contributed by atoms with Crippen molar-refractivity contribution in [2.24, 2.45) is 13.0 Å². The summed E-state index contributed by atoms with van der Waals surface area (Å²) in [5.74, 6) is 2.86. The number of nitrogens with zero attached hydrogens (tertiary/aromatic N) is 4. The molecule has 0 atom stereocenters. The van der Waals surface area contributed by atoms with E-state index in [9.17, 15) is 4.79 Å². The lowest BCUT2D eigenvalue weighted by Gasteiger charge is -2.40. The smallest absolute Gasteiger partial charge is 0.270 e. The van der Waals surface area contributed by atoms with Crippen molar-refractivity contribution in [2.75, 3.05) is 26.3 Å². The van der Waals surface area contributed by atoms with Crippen LogP contribution in [0.1, 0.15) is 73.1 Å². The average Bonchev–Trinajstić information content (AvgIpc) is 3.24. The van der Waals surface area contributed by atoms with Gasteiger partial charge in [-0.25, -0.2) is 0 Å². The molecule has 1 aliphatic carbocycles. The highest BCUT2D eigenvalue weighted by atomic mass is 16.5. The maximum atomic E-state index is 12.9. The highest BCUT2D eigenvalue weighted by Crippen LogP contribution is 2.47. The van der Waals surface area contributed by atoms with Crippen LogP contribution in [0.25, 0.3) is 0 Å². The van der Waals surface area contributed by atoms with Gasteiger partial charge in [-0.15, -0.1) is 0 Å². The molecule has 0 spiro atoms. The average molecular weight is 399 g/mol. The fraction of sp³-hybridized carbons (Fsp3) is 0.682. The minimum absolute atomic E-state index is 0.0565. The van der Waals surface area contributed by atoms with Crippen LogP contribution in [0, 0.1) is 5.92 Å². The van der Waals surface area contributed by atoms with E-state index in [1.807, 2.05) is 34.8 Å². The van der Waals surface area contributed by atoms with Gasteiger partial charge in [0.05, 0.1) is 0 Å². The summed E-state index contributed by atoms with van der Waals surface area (Å²) in [6.07, 6.45) is 9.37. The van der Waals surface area contributed by atoms with Gasteiger partial charge in [-0.3, -0.25) is 4.79 Å². The van der Waals surface area contributed by atoms with Crippen LogP contribution in [-0.2, 0) is 17.2 Å². The summed E-state index contributed by atoms with van der Waals surface area (Å²) in [7, 11) is 1.92. The van der Waals surface area contributed by atoms with Crippen molar-refractivity contribution in [3.05, 3.63) is 35.7 Å². The molecule has 1 saturated carbocycles. The predicted octanol–water partition coefficient (Wildman–Crippen LogP) is 3.28. The fourth-order valence-corrected chi connectivity index (χ4v) is 4.94. The van der Waals surface area contributed by atoms with Gasteiger partial charge in [-0.2, -0.15) is 4.98 Å². The van der Waals surface area contributed by atoms with E-state index in [1.165, 1.54) is 12.8 Å². The molecular formula is C22H30N4O3. The van der Waals surface area contributed by atoms with E-state index in [0.717, 1.165) is 81.7 Å². The Kier molecular flexibility index (Phi) is 4.94. The molecule has 3 aliphatic rings. The van der Waals surface area contributed by atoms with Gasteiger partial charge < -0.3 is 18.7 Å². The summed E-state index contributed by atoms with van der Waals surface area (Å²) < 4.78 is 13.1. The lowest BCUT2D eigenvalue weighted by Crippen LogP contribution is -2.46. The van der Waals surface area contributed by atoms with Gasteiger partial charge in [-0.1, -0.05) is 18.0 Å². The van der Waals surface area contributed by atoms with Gasteiger partial charge in [0.15, 0.2) is 5.82 Å².